The molecule has 0 saturated carbocycles. The normalized spacial score (nSPS) is 22.1. The van der Waals surface area contributed by atoms with Gasteiger partial charge >= 0.3 is 12.0 Å². The van der Waals surface area contributed by atoms with Gasteiger partial charge in [-0.1, -0.05) is 28.0 Å². The summed E-state index contributed by atoms with van der Waals surface area (Å²) in [6.45, 7) is 0.806. The number of amides is 4. The van der Waals surface area contributed by atoms with Crippen LogP contribution < -0.4 is 21.3 Å². The number of nitrogens with one attached hydrogen (secondary N) is 4. The van der Waals surface area contributed by atoms with E-state index in [2.05, 4.69) is 21.3 Å². The van der Waals surface area contributed by atoms with Crippen LogP contribution in [0.5, 0.6) is 0 Å². The molecule has 9 nitrogen and oxygen atoms in total. The minimum absolute atomic E-state index is 0.0116. The van der Waals surface area contributed by atoms with Crippen LogP contribution in [0, 0.1) is 0 Å². The lowest BCUT2D eigenvalue weighted by atomic mass is 10.0. The van der Waals surface area contributed by atoms with Crippen molar-refractivity contribution in [3.63, 3.8) is 0 Å². The van der Waals surface area contributed by atoms with Gasteiger partial charge in [-0.2, -0.15) is 11.8 Å². The van der Waals surface area contributed by atoms with Gasteiger partial charge in [0.15, 0.2) is 0 Å². The Morgan fingerprint density at radius 2 is 1.67 bits per heavy atom. The Kier molecular flexibility index (Phi) is 11.6. The van der Waals surface area contributed by atoms with E-state index >= 15 is 0 Å². The quantitative estimate of drug-likeness (QED) is 0.134. The van der Waals surface area contributed by atoms with Gasteiger partial charge in [0.2, 0.25) is 11.8 Å². The second-order valence-corrected chi connectivity index (χ2v) is 11.1. The van der Waals surface area contributed by atoms with Crippen LogP contribution in [-0.4, -0.2) is 76.6 Å². The minimum atomic E-state index is -0.814. The summed E-state index contributed by atoms with van der Waals surface area (Å²) in [7, 11) is 2.94. The molecule has 2 saturated heterocycles. The Balaban J connectivity index is 1.39. The maximum absolute atomic E-state index is 11.9. The van der Waals surface area contributed by atoms with Crippen LogP contribution in [-0.2, 0) is 14.4 Å². The smallest absolute Gasteiger partial charge is 0.315 e. The van der Waals surface area contributed by atoms with E-state index in [0.717, 1.165) is 25.0 Å². The van der Waals surface area contributed by atoms with Gasteiger partial charge in [0.05, 0.1) is 18.5 Å². The molecule has 0 bridgehead atoms. The minimum Gasteiger partial charge on any atom is -0.481 e. The zero-order chi connectivity index (χ0) is 21.8. The maximum atomic E-state index is 11.9. The van der Waals surface area contributed by atoms with Crippen LogP contribution in [0.4, 0.5) is 4.79 Å². The average Bonchev–Trinajstić information content (AvgIpc) is 3.24. The summed E-state index contributed by atoms with van der Waals surface area (Å²) in [4.78, 5) is 45.3. The predicted octanol–water partition coefficient (Wildman–Crippen LogP) is 1.19. The molecule has 0 aromatic carbocycles. The van der Waals surface area contributed by atoms with Crippen molar-refractivity contribution >= 4 is 57.2 Å². The fraction of sp³-hybridized carbons (Fsp3) is 0.778. The fourth-order valence-corrected chi connectivity index (χ4v) is 6.75. The molecule has 0 unspecified atom stereocenters. The SMILES string of the molecule is O=C(O)CCSSCCC(=O)NCCNC(=O)CCCC[C@@H]1SC[C@@H]2NC(=O)N[C@@H]21. The van der Waals surface area contributed by atoms with Crippen LogP contribution in [0.25, 0.3) is 0 Å². The first-order chi connectivity index (χ1) is 14.5. The van der Waals surface area contributed by atoms with E-state index in [0.29, 0.717) is 42.7 Å². The maximum Gasteiger partial charge on any atom is 0.315 e. The molecule has 2 aliphatic rings. The number of unbranched alkanes of at least 4 members (excludes halogenated alkanes) is 1. The van der Waals surface area contributed by atoms with E-state index in [-0.39, 0.29) is 36.3 Å². The van der Waals surface area contributed by atoms with E-state index in [1.807, 2.05) is 11.8 Å². The van der Waals surface area contributed by atoms with E-state index in [4.69, 9.17) is 5.11 Å². The largest absolute Gasteiger partial charge is 0.481 e. The number of hydrogen-bond donors (Lipinski definition) is 5. The Morgan fingerprint density at radius 1 is 1.00 bits per heavy atom. The van der Waals surface area contributed by atoms with Gasteiger partial charge in [0.1, 0.15) is 0 Å². The summed E-state index contributed by atoms with van der Waals surface area (Å²) in [6, 6.07) is 0.372. The molecule has 2 aliphatic heterocycles. The summed E-state index contributed by atoms with van der Waals surface area (Å²) in [6.07, 6.45) is 3.71. The Bertz CT molecular complexity index is 610. The number of fused-ring (bicyclic) bond motifs is 1. The van der Waals surface area contributed by atoms with Crippen LogP contribution in [0.2, 0.25) is 0 Å². The van der Waals surface area contributed by atoms with E-state index in [1.54, 1.807) is 0 Å². The lowest BCUT2D eigenvalue weighted by Gasteiger charge is -2.16. The highest BCUT2D eigenvalue weighted by atomic mass is 33.1. The molecule has 170 valence electrons. The summed E-state index contributed by atoms with van der Waals surface area (Å²) in [5.74, 6) is 1.21. The van der Waals surface area contributed by atoms with Gasteiger partial charge in [0.25, 0.3) is 0 Å². The Labute approximate surface area is 188 Å². The third-order valence-corrected chi connectivity index (χ3v) is 8.66. The first-order valence-corrected chi connectivity index (χ1v) is 13.7. The molecule has 0 spiro atoms. The third-order valence-electron chi connectivity index (χ3n) is 4.75. The number of thioether (sulfide) groups is 1. The van der Waals surface area contributed by atoms with Crippen molar-refractivity contribution < 1.29 is 24.3 Å². The second kappa shape index (κ2) is 13.9. The van der Waals surface area contributed by atoms with Crippen LogP contribution >= 0.6 is 33.3 Å². The van der Waals surface area contributed by atoms with Crippen molar-refractivity contribution in [3.05, 3.63) is 0 Å². The summed E-state index contributed by atoms with van der Waals surface area (Å²) in [5.41, 5.74) is 0. The molecule has 2 fully saturated rings. The van der Waals surface area contributed by atoms with Gasteiger partial charge < -0.3 is 26.4 Å². The van der Waals surface area contributed by atoms with Crippen molar-refractivity contribution in [2.75, 3.05) is 30.3 Å². The molecule has 5 N–H and O–H groups in total. The molecule has 2 heterocycles. The molecule has 4 amide bonds. The van der Waals surface area contributed by atoms with E-state index in [1.165, 1.54) is 21.6 Å². The monoisotopic (exact) mass is 478 g/mol. The topological polar surface area (TPSA) is 137 Å². The van der Waals surface area contributed by atoms with Crippen LogP contribution in [0.15, 0.2) is 0 Å². The lowest BCUT2D eigenvalue weighted by Crippen LogP contribution is -2.36. The van der Waals surface area contributed by atoms with E-state index < -0.39 is 5.97 Å². The number of carbonyl (C=O) groups excluding carboxylic acids is 3. The molecule has 0 aliphatic carbocycles. The molecule has 2 rings (SSSR count). The summed E-state index contributed by atoms with van der Waals surface area (Å²) < 4.78 is 0. The Morgan fingerprint density at radius 3 is 2.37 bits per heavy atom. The van der Waals surface area contributed by atoms with Crippen molar-refractivity contribution in [3.8, 4) is 0 Å². The molecular weight excluding hydrogens is 448 g/mol. The zero-order valence-electron chi connectivity index (χ0n) is 16.8. The lowest BCUT2D eigenvalue weighted by molar-refractivity contribution is -0.136. The Hall–Kier alpha value is -1.27. The third kappa shape index (κ3) is 9.69. The molecule has 0 aromatic heterocycles. The molecule has 0 aromatic rings. The molecule has 12 heteroatoms. The first-order valence-electron chi connectivity index (χ1n) is 10.1. The first kappa shape index (κ1) is 25.0. The number of carboxylic acid groups (broad SMARTS) is 1. The van der Waals surface area contributed by atoms with Crippen LogP contribution in [0.3, 0.4) is 0 Å². The van der Waals surface area contributed by atoms with Crippen LogP contribution in [0.1, 0.15) is 38.5 Å². The highest BCUT2D eigenvalue weighted by molar-refractivity contribution is 8.76. The number of urea groups is 1. The number of hydrogen-bond acceptors (Lipinski definition) is 7. The standard InChI is InChI=1S/C18H30N4O5S3/c23-14(4-2-1-3-13-17-12(11-28-13)21-18(27)22-17)19-7-8-20-15(24)5-9-29-30-10-6-16(25)26/h12-13,17H,1-11H2,(H,19,23)(H,20,24)(H,25,26)(H2,21,22,27)/t12-,13-,17-/m0/s1. The van der Waals surface area contributed by atoms with Gasteiger partial charge in [0, 0.05) is 48.4 Å². The van der Waals surface area contributed by atoms with Gasteiger partial charge in [-0.15, -0.1) is 0 Å². The molecule has 3 atom stereocenters. The van der Waals surface area contributed by atoms with Crippen molar-refractivity contribution in [1.29, 1.82) is 0 Å². The second-order valence-electron chi connectivity index (χ2n) is 7.11. The number of rotatable bonds is 15. The summed E-state index contributed by atoms with van der Waals surface area (Å²) in [5, 5.41) is 20.4. The van der Waals surface area contributed by atoms with E-state index in [9.17, 15) is 19.2 Å². The molecule has 0 radical (unpaired) electrons. The molecular formula is C18H30N4O5S3. The number of aliphatic carboxylic acids is 1. The highest BCUT2D eigenvalue weighted by Gasteiger charge is 2.42. The van der Waals surface area contributed by atoms with Gasteiger partial charge in [-0.25, -0.2) is 4.79 Å². The number of carbonyl (C=O) groups is 4. The van der Waals surface area contributed by atoms with Crippen molar-refractivity contribution in [2.45, 2.75) is 55.9 Å². The van der Waals surface area contributed by atoms with Crippen molar-refractivity contribution in [2.24, 2.45) is 0 Å². The highest BCUT2D eigenvalue weighted by Crippen LogP contribution is 2.33. The number of carboxylic acids is 1. The fourth-order valence-electron chi connectivity index (χ4n) is 3.24. The predicted molar refractivity (Wildman–Crippen MR) is 122 cm³/mol. The van der Waals surface area contributed by atoms with Gasteiger partial charge in [-0.3, -0.25) is 14.4 Å². The van der Waals surface area contributed by atoms with Gasteiger partial charge in [-0.05, 0) is 12.8 Å². The van der Waals surface area contributed by atoms with Crippen molar-refractivity contribution in [1.82, 2.24) is 21.3 Å². The summed E-state index contributed by atoms with van der Waals surface area (Å²) >= 11 is 1.88. The average molecular weight is 479 g/mol. The molecule has 30 heavy (non-hydrogen) atoms. The zero-order valence-corrected chi connectivity index (χ0v) is 19.3.